The molecule has 0 amide bonds. The van der Waals surface area contributed by atoms with Crippen molar-refractivity contribution in [2.75, 3.05) is 6.54 Å². The van der Waals surface area contributed by atoms with E-state index in [2.05, 4.69) is 111 Å². The molecule has 2 N–H and O–H groups in total. The molecule has 0 saturated carbocycles. The highest BCUT2D eigenvalue weighted by Gasteiger charge is 2.45. The first-order valence-corrected chi connectivity index (χ1v) is 15.8. The Bertz CT molecular complexity index is 1330. The molecule has 4 rings (SSSR count). The molecule has 2 heteroatoms. The molecule has 220 valence electrons. The first-order chi connectivity index (χ1) is 17.9. The molecule has 1 aliphatic heterocycles. The van der Waals surface area contributed by atoms with E-state index in [4.69, 9.17) is 5.73 Å². The molecular weight excluding hydrogens is 502 g/mol. The van der Waals surface area contributed by atoms with Crippen LogP contribution in [0.15, 0.2) is 14.7 Å². The van der Waals surface area contributed by atoms with Gasteiger partial charge in [0.2, 0.25) is 0 Å². The van der Waals surface area contributed by atoms with Gasteiger partial charge in [-0.05, 0) is 152 Å². The van der Waals surface area contributed by atoms with Crippen molar-refractivity contribution in [1.29, 1.82) is 0 Å². The molecule has 0 saturated heterocycles. The Labute approximate surface area is 250 Å². The number of fused-ring (bicyclic) bond motifs is 2. The number of benzene rings is 3. The number of hydrogen-bond acceptors (Lipinski definition) is 1. The SMILES string of the molecule is C.CC(C)(C)CN.Cc1c(C)c(C)c([S+]2c3c(C)c(C)c(C)c(C)c3Cc3c(C)c(C)c(C)c(C)c32)c(C)c1C. The highest BCUT2D eigenvalue weighted by atomic mass is 32.2. The molecule has 0 radical (unpaired) electrons. The van der Waals surface area contributed by atoms with E-state index in [9.17, 15) is 0 Å². The van der Waals surface area contributed by atoms with Gasteiger partial charge in [0, 0.05) is 39.8 Å². The van der Waals surface area contributed by atoms with Gasteiger partial charge in [0.25, 0.3) is 0 Å². The largest absolute Gasteiger partial charge is 0.330 e. The number of nitrogens with two attached hydrogens (primary N) is 1. The van der Waals surface area contributed by atoms with Crippen molar-refractivity contribution in [1.82, 2.24) is 0 Å². The van der Waals surface area contributed by atoms with Crippen LogP contribution in [0.1, 0.15) is 112 Å². The van der Waals surface area contributed by atoms with E-state index in [1.54, 1.807) is 25.8 Å². The average molecular weight is 561 g/mol. The van der Waals surface area contributed by atoms with Crippen LogP contribution in [0.25, 0.3) is 0 Å². The van der Waals surface area contributed by atoms with Crippen LogP contribution in [0.3, 0.4) is 0 Å². The van der Waals surface area contributed by atoms with Gasteiger partial charge in [0.05, 0.1) is 0 Å². The predicted octanol–water partition coefficient (Wildman–Crippen LogP) is 10.3. The minimum atomic E-state index is -0.0907. The number of hydrogen-bond donors (Lipinski definition) is 1. The maximum atomic E-state index is 5.31. The lowest BCUT2D eigenvalue weighted by Gasteiger charge is -2.30. The van der Waals surface area contributed by atoms with Gasteiger partial charge < -0.3 is 5.73 Å². The van der Waals surface area contributed by atoms with Crippen molar-refractivity contribution in [3.8, 4) is 0 Å². The maximum Gasteiger partial charge on any atom is 0.173 e. The van der Waals surface area contributed by atoms with Crippen molar-refractivity contribution < 1.29 is 0 Å². The van der Waals surface area contributed by atoms with E-state index in [1.165, 1.54) is 72.3 Å². The van der Waals surface area contributed by atoms with Crippen LogP contribution >= 0.6 is 0 Å². The average Bonchev–Trinajstić information content (AvgIpc) is 2.89. The molecule has 1 heterocycles. The zero-order valence-electron chi connectivity index (χ0n) is 27.9. The summed E-state index contributed by atoms with van der Waals surface area (Å²) in [6, 6.07) is 0. The van der Waals surface area contributed by atoms with Gasteiger partial charge in [-0.15, -0.1) is 0 Å². The van der Waals surface area contributed by atoms with E-state index in [1.807, 2.05) is 0 Å². The fourth-order valence-electron chi connectivity index (χ4n) is 5.94. The summed E-state index contributed by atoms with van der Waals surface area (Å²) < 4.78 is 0. The Morgan fingerprint density at radius 2 is 0.675 bits per heavy atom. The molecule has 40 heavy (non-hydrogen) atoms. The van der Waals surface area contributed by atoms with Crippen molar-refractivity contribution in [3.63, 3.8) is 0 Å². The lowest BCUT2D eigenvalue weighted by molar-refractivity contribution is 0.428. The molecular formula is C38H58NS+. The second kappa shape index (κ2) is 12.1. The van der Waals surface area contributed by atoms with Gasteiger partial charge in [-0.3, -0.25) is 0 Å². The molecule has 0 unspecified atom stereocenters. The second-order valence-electron chi connectivity index (χ2n) is 13.3. The van der Waals surface area contributed by atoms with Gasteiger partial charge in [0.1, 0.15) is 10.9 Å². The van der Waals surface area contributed by atoms with Crippen molar-refractivity contribution in [3.05, 3.63) is 83.5 Å². The fourth-order valence-corrected chi connectivity index (χ4v) is 9.34. The summed E-state index contributed by atoms with van der Waals surface area (Å²) in [7, 11) is -0.0907. The molecule has 0 atom stereocenters. The normalized spacial score (nSPS) is 12.8. The Hall–Kier alpha value is -2.03. The molecule has 3 aromatic carbocycles. The van der Waals surface area contributed by atoms with Crippen LogP contribution in [-0.4, -0.2) is 6.54 Å². The van der Waals surface area contributed by atoms with E-state index < -0.39 is 0 Å². The van der Waals surface area contributed by atoms with Gasteiger partial charge in [-0.25, -0.2) is 0 Å². The van der Waals surface area contributed by atoms with Crippen LogP contribution < -0.4 is 5.73 Å². The van der Waals surface area contributed by atoms with Crippen LogP contribution in [0, 0.1) is 95.4 Å². The van der Waals surface area contributed by atoms with Crippen LogP contribution in [-0.2, 0) is 17.3 Å². The summed E-state index contributed by atoms with van der Waals surface area (Å²) >= 11 is 0. The maximum absolute atomic E-state index is 5.31. The third-order valence-electron chi connectivity index (χ3n) is 10.0. The van der Waals surface area contributed by atoms with Crippen molar-refractivity contribution >= 4 is 10.9 Å². The zero-order valence-corrected chi connectivity index (χ0v) is 28.7. The third kappa shape index (κ3) is 5.56. The van der Waals surface area contributed by atoms with Crippen LogP contribution in [0.5, 0.6) is 0 Å². The zero-order chi connectivity index (χ0) is 29.9. The Kier molecular flexibility index (Phi) is 10.3. The van der Waals surface area contributed by atoms with Crippen molar-refractivity contribution in [2.24, 2.45) is 11.1 Å². The molecule has 0 bridgehead atoms. The predicted molar refractivity (Wildman–Crippen MR) is 181 cm³/mol. The van der Waals surface area contributed by atoms with E-state index in [0.717, 1.165) is 13.0 Å². The minimum absolute atomic E-state index is 0. The molecule has 0 spiro atoms. The Balaban J connectivity index is 0.000000723. The standard InChI is InChI=1S/C32H41S.C5H13N.CH4/c1-15-18(4)24(10)30(25(11)19(15)5)33-31-26(12)20(6)16(2)22(8)28(31)14-29-23(9)17(3)21(7)27(13)32(29)33;1-5(2,3)4-6;/h14H2,1-13H3;4,6H2,1-3H3;1H4/q+1;;. The minimum Gasteiger partial charge on any atom is -0.330 e. The molecule has 0 aliphatic carbocycles. The van der Waals surface area contributed by atoms with Gasteiger partial charge in [-0.2, -0.15) is 0 Å². The fraction of sp³-hybridized carbons (Fsp3) is 0.526. The lowest BCUT2D eigenvalue weighted by atomic mass is 9.86. The molecule has 0 aromatic heterocycles. The summed E-state index contributed by atoms with van der Waals surface area (Å²) in [6.07, 6.45) is 1.07. The summed E-state index contributed by atoms with van der Waals surface area (Å²) in [5.74, 6) is 0. The highest BCUT2D eigenvalue weighted by Crippen LogP contribution is 2.50. The monoisotopic (exact) mass is 560 g/mol. The summed E-state index contributed by atoms with van der Waals surface area (Å²) in [5, 5.41) is 0. The van der Waals surface area contributed by atoms with E-state index >= 15 is 0 Å². The van der Waals surface area contributed by atoms with Crippen molar-refractivity contribution in [2.45, 2.75) is 139 Å². The summed E-state index contributed by atoms with van der Waals surface area (Å²) in [4.78, 5) is 4.81. The van der Waals surface area contributed by atoms with E-state index in [0.29, 0.717) is 5.41 Å². The molecule has 1 aliphatic rings. The second-order valence-corrected chi connectivity index (χ2v) is 15.2. The van der Waals surface area contributed by atoms with Gasteiger partial charge in [-0.1, -0.05) is 28.2 Å². The Morgan fingerprint density at radius 3 is 0.950 bits per heavy atom. The van der Waals surface area contributed by atoms with Crippen LogP contribution in [0.4, 0.5) is 0 Å². The summed E-state index contributed by atoms with van der Waals surface area (Å²) in [6.45, 7) is 37.6. The molecule has 0 fully saturated rings. The van der Waals surface area contributed by atoms with Gasteiger partial charge >= 0.3 is 0 Å². The lowest BCUT2D eigenvalue weighted by Crippen LogP contribution is -2.24. The third-order valence-corrected chi connectivity index (χ3v) is 13.0. The van der Waals surface area contributed by atoms with Crippen LogP contribution in [0.2, 0.25) is 0 Å². The topological polar surface area (TPSA) is 26.0 Å². The first-order valence-electron chi connectivity index (χ1n) is 14.6. The summed E-state index contributed by atoms with van der Waals surface area (Å²) in [5.41, 5.74) is 28.1. The Morgan fingerprint density at radius 1 is 0.450 bits per heavy atom. The highest BCUT2D eigenvalue weighted by molar-refractivity contribution is 7.97. The smallest absolute Gasteiger partial charge is 0.173 e. The molecule has 1 nitrogen and oxygen atoms in total. The quantitative estimate of drug-likeness (QED) is 0.230. The van der Waals surface area contributed by atoms with E-state index in [-0.39, 0.29) is 18.3 Å². The first kappa shape index (κ1) is 34.2. The number of rotatable bonds is 1. The molecule has 3 aromatic rings. The van der Waals surface area contributed by atoms with Gasteiger partial charge in [0.15, 0.2) is 14.7 Å².